The molecule has 0 aromatic heterocycles. The summed E-state index contributed by atoms with van der Waals surface area (Å²) in [6.45, 7) is 7.02. The van der Waals surface area contributed by atoms with Crippen molar-refractivity contribution < 1.29 is 5.11 Å². The minimum absolute atomic E-state index is 0.512. The van der Waals surface area contributed by atoms with Crippen LogP contribution in [0.1, 0.15) is 51.2 Å². The van der Waals surface area contributed by atoms with Crippen molar-refractivity contribution >= 4 is 45.6 Å². The van der Waals surface area contributed by atoms with Crippen LogP contribution in [-0.2, 0) is 0 Å². The van der Waals surface area contributed by atoms with Gasteiger partial charge >= 0.3 is 0 Å². The van der Waals surface area contributed by atoms with Gasteiger partial charge in [0.25, 0.3) is 0 Å². The Balaban J connectivity index is 2.01. The number of unbranched alkanes of at least 4 members (excludes halogenated alkanes) is 2. The Morgan fingerprint density at radius 1 is 0.806 bits per heavy atom. The predicted molar refractivity (Wildman–Crippen MR) is 136 cm³/mol. The largest absolute Gasteiger partial charge is 0.387 e. The summed E-state index contributed by atoms with van der Waals surface area (Å²) in [5.74, 6) is 0. The van der Waals surface area contributed by atoms with E-state index >= 15 is 0 Å². The zero-order valence-electron chi connectivity index (χ0n) is 18.2. The fourth-order valence-corrected chi connectivity index (χ4v) is 4.37. The Morgan fingerprint density at radius 2 is 1.52 bits per heavy atom. The highest BCUT2D eigenvalue weighted by Crippen LogP contribution is 2.35. The summed E-state index contributed by atoms with van der Waals surface area (Å²) >= 11 is 18.7. The molecule has 0 bridgehead atoms. The smallest absolute Gasteiger partial charge is 0.0923 e. The molecule has 0 radical (unpaired) electrons. The third-order valence-corrected chi connectivity index (χ3v) is 6.62. The Labute approximate surface area is 200 Å². The van der Waals surface area contributed by atoms with Gasteiger partial charge in [0, 0.05) is 11.6 Å². The van der Waals surface area contributed by atoms with Gasteiger partial charge in [-0.15, -0.1) is 0 Å². The molecular formula is C26H30Cl3NO. The molecule has 0 saturated carbocycles. The summed E-state index contributed by atoms with van der Waals surface area (Å²) in [7, 11) is 0. The van der Waals surface area contributed by atoms with E-state index in [0.29, 0.717) is 21.6 Å². The molecule has 0 fully saturated rings. The molecule has 3 aromatic carbocycles. The predicted octanol–water partition coefficient (Wildman–Crippen LogP) is 8.40. The van der Waals surface area contributed by atoms with E-state index in [2.05, 4.69) is 30.9 Å². The van der Waals surface area contributed by atoms with Crippen molar-refractivity contribution in [1.29, 1.82) is 0 Å². The monoisotopic (exact) mass is 477 g/mol. The van der Waals surface area contributed by atoms with Gasteiger partial charge in [-0.3, -0.25) is 0 Å². The van der Waals surface area contributed by atoms with Gasteiger partial charge in [0.15, 0.2) is 0 Å². The van der Waals surface area contributed by atoms with Crippen LogP contribution in [0.2, 0.25) is 15.1 Å². The topological polar surface area (TPSA) is 23.5 Å². The third kappa shape index (κ3) is 6.37. The maximum Gasteiger partial charge on any atom is 0.0923 e. The quantitative estimate of drug-likeness (QED) is 0.316. The highest BCUT2D eigenvalue weighted by atomic mass is 35.5. The molecule has 1 atom stereocenters. The molecule has 5 heteroatoms. The second-order valence-electron chi connectivity index (χ2n) is 8.08. The van der Waals surface area contributed by atoms with Crippen molar-refractivity contribution in [2.75, 3.05) is 19.6 Å². The van der Waals surface area contributed by atoms with Crippen LogP contribution < -0.4 is 0 Å². The number of nitrogens with zero attached hydrogens (tertiary/aromatic N) is 1. The van der Waals surface area contributed by atoms with Crippen molar-refractivity contribution in [2.45, 2.75) is 45.6 Å². The van der Waals surface area contributed by atoms with Crippen LogP contribution in [-0.4, -0.2) is 29.6 Å². The van der Waals surface area contributed by atoms with E-state index in [9.17, 15) is 5.11 Å². The molecule has 0 aliphatic carbocycles. The maximum absolute atomic E-state index is 11.3. The van der Waals surface area contributed by atoms with Gasteiger partial charge in [0.05, 0.1) is 16.1 Å². The van der Waals surface area contributed by atoms with Gasteiger partial charge in [0.2, 0.25) is 0 Å². The Bertz CT molecular complexity index is 1010. The fraction of sp³-hybridized carbons (Fsp3) is 0.385. The van der Waals surface area contributed by atoms with Gasteiger partial charge in [0.1, 0.15) is 0 Å². The van der Waals surface area contributed by atoms with Gasteiger partial charge in [-0.2, -0.15) is 0 Å². The SMILES string of the molecule is CCCCN(CCCC)CC(O)c1cc(-c2ccc(Cl)c(Cl)c2)cc2cc(Cl)ccc12. The van der Waals surface area contributed by atoms with Crippen LogP contribution in [0.4, 0.5) is 0 Å². The molecule has 2 nitrogen and oxygen atoms in total. The Hall–Kier alpha value is -1.29. The van der Waals surface area contributed by atoms with Crippen LogP contribution >= 0.6 is 34.8 Å². The molecule has 0 spiro atoms. The van der Waals surface area contributed by atoms with Crippen molar-refractivity contribution in [1.82, 2.24) is 4.90 Å². The number of fused-ring (bicyclic) bond motifs is 1. The maximum atomic E-state index is 11.3. The van der Waals surface area contributed by atoms with Crippen LogP contribution in [0.15, 0.2) is 48.5 Å². The second-order valence-corrected chi connectivity index (χ2v) is 9.33. The molecule has 3 aromatic rings. The lowest BCUT2D eigenvalue weighted by molar-refractivity contribution is 0.112. The van der Waals surface area contributed by atoms with Gasteiger partial charge in [-0.1, -0.05) is 73.6 Å². The van der Waals surface area contributed by atoms with Crippen molar-refractivity contribution in [3.63, 3.8) is 0 Å². The van der Waals surface area contributed by atoms with E-state index in [4.69, 9.17) is 34.8 Å². The number of rotatable bonds is 10. The molecule has 31 heavy (non-hydrogen) atoms. The third-order valence-electron chi connectivity index (χ3n) is 5.65. The molecule has 1 unspecified atom stereocenters. The van der Waals surface area contributed by atoms with E-state index in [1.807, 2.05) is 30.3 Å². The zero-order valence-corrected chi connectivity index (χ0v) is 20.4. The molecule has 0 amide bonds. The number of hydrogen-bond acceptors (Lipinski definition) is 2. The van der Waals surface area contributed by atoms with E-state index in [1.165, 1.54) is 0 Å². The number of halogens is 3. The molecule has 0 saturated heterocycles. The summed E-state index contributed by atoms with van der Waals surface area (Å²) in [5.41, 5.74) is 2.85. The normalized spacial score (nSPS) is 12.6. The molecule has 3 rings (SSSR count). The van der Waals surface area contributed by atoms with Crippen LogP contribution in [0.3, 0.4) is 0 Å². The highest BCUT2D eigenvalue weighted by molar-refractivity contribution is 6.42. The average molecular weight is 479 g/mol. The van der Waals surface area contributed by atoms with Gasteiger partial charge in [-0.25, -0.2) is 0 Å². The van der Waals surface area contributed by atoms with E-state index in [0.717, 1.165) is 66.2 Å². The summed E-state index contributed by atoms with van der Waals surface area (Å²) in [6.07, 6.45) is 3.96. The summed E-state index contributed by atoms with van der Waals surface area (Å²) in [6, 6.07) is 15.6. The number of aliphatic hydroxyl groups is 1. The Morgan fingerprint density at radius 3 is 2.16 bits per heavy atom. The highest BCUT2D eigenvalue weighted by Gasteiger charge is 2.18. The standard InChI is InChI=1S/C26H30Cl3NO/c1-3-5-11-30(12-6-4-2)17-26(31)23-15-19(18-7-10-24(28)25(29)16-18)13-20-14-21(27)8-9-22(20)23/h7-10,13-16,26,31H,3-6,11-12,17H2,1-2H3. The molecular weight excluding hydrogens is 449 g/mol. The van der Waals surface area contributed by atoms with E-state index < -0.39 is 6.10 Å². The minimum Gasteiger partial charge on any atom is -0.387 e. The first-order valence-corrected chi connectivity index (χ1v) is 12.1. The van der Waals surface area contributed by atoms with Crippen molar-refractivity contribution in [2.24, 2.45) is 0 Å². The van der Waals surface area contributed by atoms with Gasteiger partial charge < -0.3 is 10.0 Å². The van der Waals surface area contributed by atoms with E-state index in [-0.39, 0.29) is 0 Å². The van der Waals surface area contributed by atoms with E-state index in [1.54, 1.807) is 6.07 Å². The van der Waals surface area contributed by atoms with Crippen LogP contribution in [0.5, 0.6) is 0 Å². The zero-order chi connectivity index (χ0) is 22.4. The lowest BCUT2D eigenvalue weighted by Gasteiger charge is -2.26. The first kappa shape index (κ1) is 24.4. The lowest BCUT2D eigenvalue weighted by Crippen LogP contribution is -2.30. The molecule has 0 heterocycles. The summed E-state index contributed by atoms with van der Waals surface area (Å²) in [5, 5.41) is 15.0. The van der Waals surface area contributed by atoms with Crippen molar-refractivity contribution in [3.8, 4) is 11.1 Å². The van der Waals surface area contributed by atoms with Gasteiger partial charge in [-0.05, 0) is 89.8 Å². The summed E-state index contributed by atoms with van der Waals surface area (Å²) < 4.78 is 0. The molecule has 0 aliphatic heterocycles. The first-order valence-electron chi connectivity index (χ1n) is 11.0. The fourth-order valence-electron chi connectivity index (χ4n) is 3.89. The average Bonchev–Trinajstić information content (AvgIpc) is 2.76. The first-order chi connectivity index (χ1) is 14.9. The number of aliphatic hydroxyl groups excluding tert-OH is 1. The summed E-state index contributed by atoms with van der Waals surface area (Å²) in [4.78, 5) is 2.38. The molecule has 0 aliphatic rings. The lowest BCUT2D eigenvalue weighted by atomic mass is 9.94. The van der Waals surface area contributed by atoms with Crippen LogP contribution in [0, 0.1) is 0 Å². The van der Waals surface area contributed by atoms with Crippen molar-refractivity contribution in [3.05, 3.63) is 69.2 Å². The molecule has 1 N–H and O–H groups in total. The number of hydrogen-bond donors (Lipinski definition) is 1. The second kappa shape index (κ2) is 11.5. The number of benzene rings is 3. The minimum atomic E-state index is -0.597. The molecule has 166 valence electrons. The Kier molecular flexibility index (Phi) is 9.06. The van der Waals surface area contributed by atoms with Crippen LogP contribution in [0.25, 0.3) is 21.9 Å².